The van der Waals surface area contributed by atoms with Crippen molar-refractivity contribution in [2.24, 2.45) is 0 Å². The van der Waals surface area contributed by atoms with E-state index in [0.717, 1.165) is 31.3 Å². The third-order valence-electron chi connectivity index (χ3n) is 2.94. The SMILES string of the molecule is FC(F)(F)c1ccc(CN2CCCC2)cc1Br. The van der Waals surface area contributed by atoms with Crippen LogP contribution in [0.4, 0.5) is 13.2 Å². The van der Waals surface area contributed by atoms with Gasteiger partial charge in [0.15, 0.2) is 0 Å². The van der Waals surface area contributed by atoms with Gasteiger partial charge in [-0.15, -0.1) is 0 Å². The zero-order chi connectivity index (χ0) is 12.5. The van der Waals surface area contributed by atoms with Gasteiger partial charge in [0.1, 0.15) is 0 Å². The van der Waals surface area contributed by atoms with Gasteiger partial charge in [0.2, 0.25) is 0 Å². The molecule has 5 heteroatoms. The molecule has 0 aromatic heterocycles. The number of halogens is 4. The van der Waals surface area contributed by atoms with Gasteiger partial charge in [0.05, 0.1) is 5.56 Å². The molecule has 1 fully saturated rings. The van der Waals surface area contributed by atoms with E-state index in [1.165, 1.54) is 12.8 Å². The van der Waals surface area contributed by atoms with Crippen LogP contribution in [0.3, 0.4) is 0 Å². The molecule has 1 aliphatic rings. The van der Waals surface area contributed by atoms with Crippen molar-refractivity contribution in [3.8, 4) is 0 Å². The van der Waals surface area contributed by atoms with Crippen LogP contribution in [0, 0.1) is 0 Å². The second kappa shape index (κ2) is 4.98. The van der Waals surface area contributed by atoms with Crippen LogP contribution >= 0.6 is 15.9 Å². The summed E-state index contributed by atoms with van der Waals surface area (Å²) in [7, 11) is 0. The molecule has 1 aliphatic heterocycles. The zero-order valence-electron chi connectivity index (χ0n) is 9.23. The Kier molecular flexibility index (Phi) is 3.78. The number of rotatable bonds is 2. The van der Waals surface area contributed by atoms with Gasteiger partial charge in [-0.3, -0.25) is 4.90 Å². The number of likely N-dealkylation sites (tertiary alicyclic amines) is 1. The Bertz CT molecular complexity index is 397. The first-order valence-electron chi connectivity index (χ1n) is 5.55. The Balaban J connectivity index is 2.13. The summed E-state index contributed by atoms with van der Waals surface area (Å²) in [4.78, 5) is 2.26. The van der Waals surface area contributed by atoms with E-state index in [1.54, 1.807) is 12.1 Å². The van der Waals surface area contributed by atoms with Gasteiger partial charge in [-0.2, -0.15) is 13.2 Å². The maximum absolute atomic E-state index is 12.5. The normalized spacial score (nSPS) is 17.6. The summed E-state index contributed by atoms with van der Waals surface area (Å²) in [5, 5.41) is 0. The first kappa shape index (κ1) is 12.9. The number of hydrogen-bond donors (Lipinski definition) is 0. The van der Waals surface area contributed by atoms with Crippen molar-refractivity contribution in [1.82, 2.24) is 4.90 Å². The Morgan fingerprint density at radius 2 is 1.82 bits per heavy atom. The molecule has 0 atom stereocenters. The monoisotopic (exact) mass is 307 g/mol. The highest BCUT2D eigenvalue weighted by Gasteiger charge is 2.32. The van der Waals surface area contributed by atoms with Gasteiger partial charge in [-0.25, -0.2) is 0 Å². The molecule has 1 saturated heterocycles. The lowest BCUT2D eigenvalue weighted by Gasteiger charge is -2.16. The first-order chi connectivity index (χ1) is 7.97. The second-order valence-corrected chi connectivity index (χ2v) is 5.15. The lowest BCUT2D eigenvalue weighted by molar-refractivity contribution is -0.138. The minimum Gasteiger partial charge on any atom is -0.299 e. The van der Waals surface area contributed by atoms with E-state index < -0.39 is 11.7 Å². The molecule has 1 aromatic carbocycles. The topological polar surface area (TPSA) is 3.24 Å². The highest BCUT2D eigenvalue weighted by molar-refractivity contribution is 9.10. The summed E-state index contributed by atoms with van der Waals surface area (Å²) in [5.41, 5.74) is 0.314. The molecule has 1 nitrogen and oxygen atoms in total. The molecule has 2 rings (SSSR count). The van der Waals surface area contributed by atoms with Gasteiger partial charge >= 0.3 is 6.18 Å². The average molecular weight is 308 g/mol. The highest BCUT2D eigenvalue weighted by atomic mass is 79.9. The number of alkyl halides is 3. The van der Waals surface area contributed by atoms with Crippen molar-refractivity contribution < 1.29 is 13.2 Å². The maximum atomic E-state index is 12.5. The van der Waals surface area contributed by atoms with E-state index in [9.17, 15) is 13.2 Å². The molecule has 17 heavy (non-hydrogen) atoms. The van der Waals surface area contributed by atoms with Gasteiger partial charge in [-0.1, -0.05) is 22.0 Å². The molecule has 94 valence electrons. The highest BCUT2D eigenvalue weighted by Crippen LogP contribution is 2.35. The maximum Gasteiger partial charge on any atom is 0.417 e. The first-order valence-corrected chi connectivity index (χ1v) is 6.34. The Hall–Kier alpha value is -0.550. The fourth-order valence-corrected chi connectivity index (χ4v) is 2.74. The van der Waals surface area contributed by atoms with E-state index in [0.29, 0.717) is 0 Å². The van der Waals surface area contributed by atoms with Crippen LogP contribution in [0.15, 0.2) is 22.7 Å². The standard InChI is InChI=1S/C12H13BrF3N/c13-11-7-9(8-17-5-1-2-6-17)3-4-10(11)12(14,15)16/h3-4,7H,1-2,5-6,8H2. The fourth-order valence-electron chi connectivity index (χ4n) is 2.09. The van der Waals surface area contributed by atoms with Crippen LogP contribution in [-0.2, 0) is 12.7 Å². The lowest BCUT2D eigenvalue weighted by atomic mass is 10.1. The van der Waals surface area contributed by atoms with E-state index in [4.69, 9.17) is 0 Å². The Morgan fingerprint density at radius 1 is 1.18 bits per heavy atom. The molecular formula is C12H13BrF3N. The van der Waals surface area contributed by atoms with Crippen LogP contribution in [0.5, 0.6) is 0 Å². The minimum atomic E-state index is -4.29. The number of nitrogens with zero attached hydrogens (tertiary/aromatic N) is 1. The molecule has 0 unspecified atom stereocenters. The smallest absolute Gasteiger partial charge is 0.299 e. The molecule has 1 heterocycles. The summed E-state index contributed by atoms with van der Waals surface area (Å²) < 4.78 is 37.8. The third-order valence-corrected chi connectivity index (χ3v) is 3.60. The third kappa shape index (κ3) is 3.22. The summed E-state index contributed by atoms with van der Waals surface area (Å²) >= 11 is 2.99. The Morgan fingerprint density at radius 3 is 2.35 bits per heavy atom. The number of hydrogen-bond acceptors (Lipinski definition) is 1. The van der Waals surface area contributed by atoms with Crippen LogP contribution < -0.4 is 0 Å². The van der Waals surface area contributed by atoms with Crippen LogP contribution in [0.1, 0.15) is 24.0 Å². The fraction of sp³-hybridized carbons (Fsp3) is 0.500. The van der Waals surface area contributed by atoms with Gasteiger partial charge in [-0.05, 0) is 43.6 Å². The summed E-state index contributed by atoms with van der Waals surface area (Å²) in [6.45, 7) is 2.81. The predicted molar refractivity (Wildman–Crippen MR) is 63.7 cm³/mol. The summed E-state index contributed by atoms with van der Waals surface area (Å²) in [5.74, 6) is 0. The van der Waals surface area contributed by atoms with E-state index in [2.05, 4.69) is 20.8 Å². The summed E-state index contributed by atoms with van der Waals surface area (Å²) in [6, 6.07) is 4.28. The van der Waals surface area contributed by atoms with Crippen molar-refractivity contribution in [1.29, 1.82) is 0 Å². The molecule has 0 bridgehead atoms. The number of benzene rings is 1. The minimum absolute atomic E-state index is 0.127. The average Bonchev–Trinajstić information content (AvgIpc) is 2.68. The van der Waals surface area contributed by atoms with Crippen molar-refractivity contribution in [2.45, 2.75) is 25.6 Å². The molecule has 0 radical (unpaired) electrons. The molecule has 0 aliphatic carbocycles. The van der Waals surface area contributed by atoms with Gasteiger partial charge in [0.25, 0.3) is 0 Å². The molecule has 0 saturated carbocycles. The molecule has 0 spiro atoms. The van der Waals surface area contributed by atoms with Crippen molar-refractivity contribution >= 4 is 15.9 Å². The lowest BCUT2D eigenvalue weighted by Crippen LogP contribution is -2.18. The van der Waals surface area contributed by atoms with Crippen LogP contribution in [0.2, 0.25) is 0 Å². The van der Waals surface area contributed by atoms with Gasteiger partial charge < -0.3 is 0 Å². The second-order valence-electron chi connectivity index (χ2n) is 4.30. The van der Waals surface area contributed by atoms with Crippen molar-refractivity contribution in [2.75, 3.05) is 13.1 Å². The van der Waals surface area contributed by atoms with Crippen molar-refractivity contribution in [3.05, 3.63) is 33.8 Å². The van der Waals surface area contributed by atoms with E-state index in [-0.39, 0.29) is 4.47 Å². The predicted octanol–water partition coefficient (Wildman–Crippen LogP) is 4.06. The van der Waals surface area contributed by atoms with Crippen LogP contribution in [0.25, 0.3) is 0 Å². The van der Waals surface area contributed by atoms with E-state index >= 15 is 0 Å². The molecule has 0 N–H and O–H groups in total. The van der Waals surface area contributed by atoms with Crippen LogP contribution in [-0.4, -0.2) is 18.0 Å². The molecule has 1 aromatic rings. The molecule has 0 amide bonds. The molecular weight excluding hydrogens is 295 g/mol. The van der Waals surface area contributed by atoms with E-state index in [1.807, 2.05) is 0 Å². The Labute approximate surface area is 107 Å². The largest absolute Gasteiger partial charge is 0.417 e. The summed E-state index contributed by atoms with van der Waals surface area (Å²) in [6.07, 6.45) is -1.92. The van der Waals surface area contributed by atoms with Crippen molar-refractivity contribution in [3.63, 3.8) is 0 Å². The zero-order valence-corrected chi connectivity index (χ0v) is 10.8. The quantitative estimate of drug-likeness (QED) is 0.796. The van der Waals surface area contributed by atoms with Gasteiger partial charge in [0, 0.05) is 11.0 Å².